The Kier molecular flexibility index (Phi) is 4.58. The molecule has 21 heavy (non-hydrogen) atoms. The first-order valence-corrected chi connectivity index (χ1v) is 6.78. The Morgan fingerprint density at radius 1 is 1.38 bits per heavy atom. The summed E-state index contributed by atoms with van der Waals surface area (Å²) in [7, 11) is 0. The number of aryl methyl sites for hydroxylation is 1. The molecule has 0 bridgehead atoms. The maximum atomic E-state index is 12.7. The summed E-state index contributed by atoms with van der Waals surface area (Å²) in [5, 5.41) is 14.6. The zero-order chi connectivity index (χ0) is 15.6. The Morgan fingerprint density at radius 2 is 2.10 bits per heavy atom. The molecule has 0 aliphatic heterocycles. The number of aliphatic hydroxyl groups excluding tert-OH is 1. The van der Waals surface area contributed by atoms with E-state index in [9.17, 15) is 18.3 Å². The lowest BCUT2D eigenvalue weighted by Crippen LogP contribution is -2.12. The Balaban J connectivity index is 2.41. The fourth-order valence-corrected chi connectivity index (χ4v) is 2.32. The van der Waals surface area contributed by atoms with Crippen LogP contribution in [-0.4, -0.2) is 14.9 Å². The van der Waals surface area contributed by atoms with E-state index in [0.717, 1.165) is 18.6 Å². The van der Waals surface area contributed by atoms with Crippen LogP contribution in [0, 0.1) is 0 Å². The van der Waals surface area contributed by atoms with Gasteiger partial charge in [-0.15, -0.1) is 0 Å². The van der Waals surface area contributed by atoms with Crippen LogP contribution in [0.1, 0.15) is 36.3 Å². The normalized spacial score (nSPS) is 13.4. The van der Waals surface area contributed by atoms with Crippen molar-refractivity contribution in [3.8, 4) is 0 Å². The Hall–Kier alpha value is -1.53. The lowest BCUT2D eigenvalue weighted by Gasteiger charge is -2.16. The van der Waals surface area contributed by atoms with Crippen molar-refractivity contribution in [3.05, 3.63) is 52.3 Å². The van der Waals surface area contributed by atoms with Crippen LogP contribution in [0.15, 0.2) is 30.5 Å². The minimum absolute atomic E-state index is 0.129. The first-order valence-electron chi connectivity index (χ1n) is 6.41. The molecule has 0 saturated heterocycles. The van der Waals surface area contributed by atoms with E-state index in [1.165, 1.54) is 23.0 Å². The lowest BCUT2D eigenvalue weighted by molar-refractivity contribution is -0.137. The maximum absolute atomic E-state index is 12.7. The van der Waals surface area contributed by atoms with Crippen molar-refractivity contribution in [2.24, 2.45) is 0 Å². The molecule has 1 atom stereocenters. The van der Waals surface area contributed by atoms with Gasteiger partial charge in [0.2, 0.25) is 0 Å². The summed E-state index contributed by atoms with van der Waals surface area (Å²) in [4.78, 5) is 0. The number of rotatable bonds is 4. The van der Waals surface area contributed by atoms with Crippen LogP contribution in [0.25, 0.3) is 0 Å². The fourth-order valence-electron chi connectivity index (χ4n) is 2.08. The highest BCUT2D eigenvalue weighted by Crippen LogP contribution is 2.33. The van der Waals surface area contributed by atoms with Crippen molar-refractivity contribution in [1.82, 2.24) is 9.78 Å². The standard InChI is InChI=1S/C14H14ClF3N2O/c1-2-6-20-12(11(15)8-19-20)13(21)9-4-3-5-10(7-9)14(16,17)18/h3-5,7-8,13,21H,2,6H2,1H3. The van der Waals surface area contributed by atoms with Crippen molar-refractivity contribution < 1.29 is 18.3 Å². The Morgan fingerprint density at radius 3 is 2.71 bits per heavy atom. The molecule has 0 spiro atoms. The zero-order valence-corrected chi connectivity index (χ0v) is 12.0. The zero-order valence-electron chi connectivity index (χ0n) is 11.2. The molecule has 2 rings (SSSR count). The lowest BCUT2D eigenvalue weighted by atomic mass is 10.0. The molecule has 2 aromatic rings. The van der Waals surface area contributed by atoms with E-state index >= 15 is 0 Å². The molecular formula is C14H14ClF3N2O. The van der Waals surface area contributed by atoms with Crippen LogP contribution in [0.3, 0.4) is 0 Å². The van der Waals surface area contributed by atoms with Gasteiger partial charge >= 0.3 is 6.18 Å². The molecule has 1 aromatic heterocycles. The molecule has 0 radical (unpaired) electrons. The molecule has 1 N–H and O–H groups in total. The van der Waals surface area contributed by atoms with Gasteiger partial charge < -0.3 is 5.11 Å². The summed E-state index contributed by atoms with van der Waals surface area (Å²) in [5.41, 5.74) is -0.376. The summed E-state index contributed by atoms with van der Waals surface area (Å²) in [6, 6.07) is 4.57. The van der Waals surface area contributed by atoms with Gasteiger partial charge in [0.05, 0.1) is 22.5 Å². The molecular weight excluding hydrogens is 305 g/mol. The SMILES string of the molecule is CCCn1ncc(Cl)c1C(O)c1cccc(C(F)(F)F)c1. The molecule has 0 fully saturated rings. The number of benzene rings is 1. The van der Waals surface area contributed by atoms with Gasteiger partial charge in [-0.1, -0.05) is 30.7 Å². The maximum Gasteiger partial charge on any atom is 0.416 e. The largest absolute Gasteiger partial charge is 0.416 e. The predicted octanol–water partition coefficient (Wildman–Crippen LogP) is 4.05. The number of aromatic nitrogens is 2. The van der Waals surface area contributed by atoms with E-state index in [1.54, 1.807) is 0 Å². The van der Waals surface area contributed by atoms with Gasteiger partial charge in [0, 0.05) is 6.54 Å². The number of alkyl halides is 3. The summed E-state index contributed by atoms with van der Waals surface area (Å²) < 4.78 is 39.7. The van der Waals surface area contributed by atoms with Crippen LogP contribution in [0.2, 0.25) is 5.02 Å². The fraction of sp³-hybridized carbons (Fsp3) is 0.357. The number of hydrogen-bond donors (Lipinski definition) is 1. The second kappa shape index (κ2) is 6.07. The van der Waals surface area contributed by atoms with Crippen LogP contribution in [-0.2, 0) is 12.7 Å². The van der Waals surface area contributed by atoms with E-state index in [4.69, 9.17) is 11.6 Å². The third-order valence-corrected chi connectivity index (χ3v) is 3.35. The van der Waals surface area contributed by atoms with E-state index in [1.807, 2.05) is 6.92 Å². The van der Waals surface area contributed by atoms with E-state index in [0.29, 0.717) is 12.2 Å². The smallest absolute Gasteiger partial charge is 0.382 e. The summed E-state index contributed by atoms with van der Waals surface area (Å²) in [6.45, 7) is 2.45. The summed E-state index contributed by atoms with van der Waals surface area (Å²) in [6.07, 6.45) is -3.57. The third kappa shape index (κ3) is 3.39. The molecule has 1 heterocycles. The second-order valence-electron chi connectivity index (χ2n) is 4.63. The molecule has 0 aliphatic carbocycles. The second-order valence-corrected chi connectivity index (χ2v) is 5.03. The van der Waals surface area contributed by atoms with E-state index in [-0.39, 0.29) is 10.6 Å². The molecule has 0 amide bonds. The topological polar surface area (TPSA) is 38.0 Å². The third-order valence-electron chi connectivity index (χ3n) is 3.06. The van der Waals surface area contributed by atoms with Crippen LogP contribution in [0.4, 0.5) is 13.2 Å². The van der Waals surface area contributed by atoms with E-state index < -0.39 is 17.8 Å². The molecule has 0 aliphatic rings. The predicted molar refractivity (Wildman–Crippen MR) is 73.0 cm³/mol. The van der Waals surface area contributed by atoms with Crippen LogP contribution >= 0.6 is 11.6 Å². The first kappa shape index (κ1) is 15.9. The highest BCUT2D eigenvalue weighted by Gasteiger charge is 2.31. The van der Waals surface area contributed by atoms with Gasteiger partial charge in [0.15, 0.2) is 0 Å². The van der Waals surface area contributed by atoms with Crippen molar-refractivity contribution in [3.63, 3.8) is 0 Å². The van der Waals surface area contributed by atoms with Gasteiger partial charge in [-0.05, 0) is 24.1 Å². The number of aliphatic hydroxyl groups is 1. The van der Waals surface area contributed by atoms with Gasteiger partial charge in [0.1, 0.15) is 6.10 Å². The molecule has 1 unspecified atom stereocenters. The minimum atomic E-state index is -4.46. The Bertz CT molecular complexity index is 625. The summed E-state index contributed by atoms with van der Waals surface area (Å²) >= 11 is 5.99. The first-order chi connectivity index (χ1) is 9.84. The molecule has 0 saturated carbocycles. The number of halogens is 4. The van der Waals surface area contributed by atoms with Crippen molar-refractivity contribution in [1.29, 1.82) is 0 Å². The molecule has 1 aromatic carbocycles. The quantitative estimate of drug-likeness (QED) is 0.923. The number of hydrogen-bond acceptors (Lipinski definition) is 2. The highest BCUT2D eigenvalue weighted by atomic mass is 35.5. The van der Waals surface area contributed by atoms with Gasteiger partial charge in [-0.3, -0.25) is 4.68 Å². The Labute approximate surface area is 125 Å². The van der Waals surface area contributed by atoms with Crippen LogP contribution in [0.5, 0.6) is 0 Å². The van der Waals surface area contributed by atoms with E-state index in [2.05, 4.69) is 5.10 Å². The monoisotopic (exact) mass is 318 g/mol. The van der Waals surface area contributed by atoms with Gasteiger partial charge in [-0.2, -0.15) is 18.3 Å². The molecule has 3 nitrogen and oxygen atoms in total. The van der Waals surface area contributed by atoms with Crippen molar-refractivity contribution in [2.75, 3.05) is 0 Å². The van der Waals surface area contributed by atoms with Crippen molar-refractivity contribution in [2.45, 2.75) is 32.2 Å². The number of nitrogens with zero attached hydrogens (tertiary/aromatic N) is 2. The average Bonchev–Trinajstić information content (AvgIpc) is 2.79. The highest BCUT2D eigenvalue weighted by molar-refractivity contribution is 6.31. The van der Waals surface area contributed by atoms with Crippen molar-refractivity contribution >= 4 is 11.6 Å². The van der Waals surface area contributed by atoms with Crippen LogP contribution < -0.4 is 0 Å². The molecule has 7 heteroatoms. The average molecular weight is 319 g/mol. The molecule has 114 valence electrons. The minimum Gasteiger partial charge on any atom is -0.382 e. The van der Waals surface area contributed by atoms with Gasteiger partial charge in [0.25, 0.3) is 0 Å². The summed E-state index contributed by atoms with van der Waals surface area (Å²) in [5.74, 6) is 0. The van der Waals surface area contributed by atoms with Gasteiger partial charge in [-0.25, -0.2) is 0 Å².